The van der Waals surface area contributed by atoms with E-state index in [1.165, 1.54) is 36.5 Å². The number of terminal acetylenes is 1. The molecule has 7 rings (SSSR count). The molecule has 0 spiro atoms. The third-order valence-corrected chi connectivity index (χ3v) is 10.8. The largest absolute Gasteiger partial charge is 0.508 e. The quantitative estimate of drug-likeness (QED) is 0.139. The van der Waals surface area contributed by atoms with Crippen molar-refractivity contribution in [1.82, 2.24) is 25.2 Å². The number of amides is 2. The molecular formula is C39H37F2N7O4. The fraction of sp³-hybridized carbons (Fsp3) is 0.385. The van der Waals surface area contributed by atoms with Crippen LogP contribution in [0.25, 0.3) is 32.9 Å². The van der Waals surface area contributed by atoms with Crippen LogP contribution in [0.3, 0.4) is 0 Å². The number of rotatable bonds is 8. The minimum absolute atomic E-state index is 0.0347. The molecule has 5 heterocycles. The number of benzene rings is 2. The molecule has 0 saturated carbocycles. The first-order chi connectivity index (χ1) is 25.1. The fourth-order valence-electron chi connectivity index (χ4n) is 8.18. The van der Waals surface area contributed by atoms with Gasteiger partial charge in [0.2, 0.25) is 12.3 Å². The highest BCUT2D eigenvalue weighted by molar-refractivity contribution is 6.03. The maximum Gasteiger partial charge on any atom is 0.319 e. The molecule has 4 aromatic rings. The van der Waals surface area contributed by atoms with Crippen LogP contribution in [0, 0.1) is 46.6 Å². The van der Waals surface area contributed by atoms with Crippen molar-refractivity contribution in [2.45, 2.75) is 51.0 Å². The predicted molar refractivity (Wildman–Crippen MR) is 190 cm³/mol. The lowest BCUT2D eigenvalue weighted by atomic mass is 9.80. The van der Waals surface area contributed by atoms with Crippen LogP contribution in [0.4, 0.5) is 14.6 Å². The van der Waals surface area contributed by atoms with Crippen LogP contribution in [0.5, 0.6) is 11.8 Å². The number of hydrogen-bond acceptors (Lipinski definition) is 10. The molecule has 0 bridgehead atoms. The molecule has 0 aliphatic carbocycles. The molecule has 2 atom stereocenters. The number of ether oxygens (including phenoxy) is 1. The van der Waals surface area contributed by atoms with Gasteiger partial charge >= 0.3 is 6.01 Å². The van der Waals surface area contributed by atoms with Crippen LogP contribution in [-0.2, 0) is 9.59 Å². The van der Waals surface area contributed by atoms with Gasteiger partial charge < -0.3 is 14.7 Å². The van der Waals surface area contributed by atoms with Crippen molar-refractivity contribution >= 4 is 39.8 Å². The van der Waals surface area contributed by atoms with Gasteiger partial charge in [-0.25, -0.2) is 8.78 Å². The van der Waals surface area contributed by atoms with Gasteiger partial charge in [0.25, 0.3) is 0 Å². The summed E-state index contributed by atoms with van der Waals surface area (Å²) in [5.41, 5.74) is -1.20. The number of carbonyl (C=O) groups is 2. The molecule has 2 amide bonds. The highest BCUT2D eigenvalue weighted by atomic mass is 19.1. The first kappa shape index (κ1) is 34.8. The Labute approximate surface area is 299 Å². The number of aromatic nitrogens is 3. The van der Waals surface area contributed by atoms with Crippen LogP contribution >= 0.6 is 0 Å². The molecule has 0 unspecified atom stereocenters. The number of pyridine rings is 1. The summed E-state index contributed by atoms with van der Waals surface area (Å²) in [6.07, 6.45) is 15.3. The van der Waals surface area contributed by atoms with Crippen molar-refractivity contribution in [3.05, 3.63) is 59.8 Å². The summed E-state index contributed by atoms with van der Waals surface area (Å²) in [6, 6.07) is 7.74. The summed E-state index contributed by atoms with van der Waals surface area (Å²) < 4.78 is 38.4. The summed E-state index contributed by atoms with van der Waals surface area (Å²) in [6.45, 7) is 4.81. The maximum absolute atomic E-state index is 17.1. The predicted octanol–water partition coefficient (Wildman–Crippen LogP) is 5.39. The third-order valence-electron chi connectivity index (χ3n) is 10.8. The Morgan fingerprint density at radius 1 is 1.19 bits per heavy atom. The minimum Gasteiger partial charge on any atom is -0.508 e. The molecule has 2 aromatic heterocycles. The number of phenolic OH excluding ortho intramolecular Hbond substituents is 1. The summed E-state index contributed by atoms with van der Waals surface area (Å²) in [5.74, 6) is 0.0754. The van der Waals surface area contributed by atoms with Gasteiger partial charge in [-0.2, -0.15) is 15.2 Å². The molecular weight excluding hydrogens is 668 g/mol. The standard InChI is InChI=1S/C39H37F2N7O4/c1-3-27-30(40)8-7-25-16-26(50)17-28(32(25)27)34-33(41)35-29(19-43-34)36(46-37(45-35)52-22-39-10-4-13-48(39)14-5-11-39)47-15-12-38(2,21-42)18-24(20-47)6-9-31(51)44-23-49/h1,6-9,16-17,19,23-24,50H,4-5,10-15,18,20,22H2,2H3,(H,44,49,51)/t24-,38-/m1/s1. The first-order valence-corrected chi connectivity index (χ1v) is 17.3. The van der Waals surface area contributed by atoms with E-state index < -0.39 is 23.0 Å². The fourth-order valence-corrected chi connectivity index (χ4v) is 8.18. The number of carbonyl (C=O) groups excluding carboxylic acids is 2. The van der Waals surface area contributed by atoms with Crippen molar-refractivity contribution < 1.29 is 28.2 Å². The SMILES string of the molecule is C#Cc1c(F)ccc2cc(O)cc(-c3ncc4c(N5CC[C@@](C)(C#N)C[C@@H](C=CC(=O)NC=O)C5)nc(OCC56CCCN5CCC6)nc4c3F)c12. The van der Waals surface area contributed by atoms with Gasteiger partial charge in [0, 0.05) is 30.2 Å². The molecule has 0 radical (unpaired) electrons. The van der Waals surface area contributed by atoms with E-state index in [0.29, 0.717) is 50.2 Å². The second-order valence-electron chi connectivity index (χ2n) is 14.2. The number of anilines is 1. The molecule has 3 fully saturated rings. The number of phenols is 1. The van der Waals surface area contributed by atoms with Gasteiger partial charge in [-0.05, 0) is 94.1 Å². The van der Waals surface area contributed by atoms with Crippen LogP contribution in [-0.4, -0.2) is 75.6 Å². The Balaban J connectivity index is 1.38. The van der Waals surface area contributed by atoms with E-state index in [0.717, 1.165) is 38.8 Å². The lowest BCUT2D eigenvalue weighted by molar-refractivity contribution is -0.121. The van der Waals surface area contributed by atoms with Crippen LogP contribution in [0.15, 0.2) is 42.6 Å². The number of halogens is 2. The van der Waals surface area contributed by atoms with Crippen molar-refractivity contribution in [2.24, 2.45) is 11.3 Å². The topological polar surface area (TPSA) is 145 Å². The average Bonchev–Trinajstić information content (AvgIpc) is 3.67. The molecule has 52 heavy (non-hydrogen) atoms. The Kier molecular flexibility index (Phi) is 9.24. The molecule has 13 heteroatoms. The smallest absolute Gasteiger partial charge is 0.319 e. The summed E-state index contributed by atoms with van der Waals surface area (Å²) in [5, 5.41) is 23.7. The van der Waals surface area contributed by atoms with Crippen LogP contribution in [0.2, 0.25) is 0 Å². The Bertz CT molecular complexity index is 2200. The van der Waals surface area contributed by atoms with Gasteiger partial charge in [-0.15, -0.1) is 6.42 Å². The van der Waals surface area contributed by atoms with E-state index in [2.05, 4.69) is 32.2 Å². The normalized spacial score (nSPS) is 21.5. The van der Waals surface area contributed by atoms with Gasteiger partial charge in [0.15, 0.2) is 5.82 Å². The lowest BCUT2D eigenvalue weighted by Crippen LogP contribution is -2.43. The lowest BCUT2D eigenvalue weighted by Gasteiger charge is -2.31. The van der Waals surface area contributed by atoms with E-state index in [9.17, 15) is 24.3 Å². The van der Waals surface area contributed by atoms with E-state index in [1.54, 1.807) is 6.08 Å². The number of hydrogen-bond donors (Lipinski definition) is 2. The van der Waals surface area contributed by atoms with Crippen LogP contribution < -0.4 is 15.0 Å². The molecule has 3 aliphatic rings. The van der Waals surface area contributed by atoms with Crippen molar-refractivity contribution in [3.8, 4) is 41.4 Å². The third kappa shape index (κ3) is 6.37. The number of nitrogens with zero attached hydrogens (tertiary/aromatic N) is 6. The number of fused-ring (bicyclic) bond motifs is 3. The van der Waals surface area contributed by atoms with Gasteiger partial charge in [-0.3, -0.25) is 24.8 Å². The molecule has 2 N–H and O–H groups in total. The zero-order chi connectivity index (χ0) is 36.6. The van der Waals surface area contributed by atoms with Crippen LogP contribution in [0.1, 0.15) is 51.0 Å². The number of aromatic hydroxyl groups is 1. The minimum atomic E-state index is -0.842. The molecule has 266 valence electrons. The maximum atomic E-state index is 17.1. The Hall–Kier alpha value is -5.66. The summed E-state index contributed by atoms with van der Waals surface area (Å²) >= 11 is 0. The van der Waals surface area contributed by atoms with Crippen molar-refractivity contribution in [3.63, 3.8) is 0 Å². The molecule has 3 saturated heterocycles. The Morgan fingerprint density at radius 3 is 2.71 bits per heavy atom. The summed E-state index contributed by atoms with van der Waals surface area (Å²) in [4.78, 5) is 41.2. The molecule has 3 aliphatic heterocycles. The van der Waals surface area contributed by atoms with E-state index in [-0.39, 0.29) is 56.3 Å². The number of imide groups is 1. The van der Waals surface area contributed by atoms with E-state index >= 15 is 4.39 Å². The van der Waals surface area contributed by atoms with E-state index in [4.69, 9.17) is 16.1 Å². The van der Waals surface area contributed by atoms with Gasteiger partial charge in [0.05, 0.1) is 28.0 Å². The van der Waals surface area contributed by atoms with Crippen molar-refractivity contribution in [1.29, 1.82) is 5.26 Å². The highest BCUT2D eigenvalue weighted by Gasteiger charge is 2.45. The number of nitriles is 1. The second-order valence-corrected chi connectivity index (χ2v) is 14.2. The van der Waals surface area contributed by atoms with E-state index in [1.807, 2.05) is 11.8 Å². The monoisotopic (exact) mass is 705 g/mol. The zero-order valence-electron chi connectivity index (χ0n) is 28.7. The Morgan fingerprint density at radius 2 is 1.98 bits per heavy atom. The van der Waals surface area contributed by atoms with Gasteiger partial charge in [-0.1, -0.05) is 18.1 Å². The van der Waals surface area contributed by atoms with Gasteiger partial charge in [0.1, 0.15) is 35.2 Å². The second kappa shape index (κ2) is 13.8. The number of nitrogens with one attached hydrogen (secondary N) is 1. The summed E-state index contributed by atoms with van der Waals surface area (Å²) in [7, 11) is 0. The molecule has 2 aromatic carbocycles. The first-order valence-electron chi connectivity index (χ1n) is 17.3. The average molecular weight is 706 g/mol. The van der Waals surface area contributed by atoms with Crippen molar-refractivity contribution in [2.75, 3.05) is 37.7 Å². The zero-order valence-corrected chi connectivity index (χ0v) is 28.7. The highest BCUT2D eigenvalue weighted by Crippen LogP contribution is 2.42. The molecule has 11 nitrogen and oxygen atoms in total.